The molecular formula is C17H15NO2. The van der Waals surface area contributed by atoms with E-state index >= 15 is 0 Å². The van der Waals surface area contributed by atoms with Crippen molar-refractivity contribution in [3.05, 3.63) is 59.7 Å². The van der Waals surface area contributed by atoms with Crippen LogP contribution in [0.15, 0.2) is 48.5 Å². The largest absolute Gasteiger partial charge is 0.496 e. The quantitative estimate of drug-likeness (QED) is 0.624. The molecule has 2 rings (SSSR count). The maximum Gasteiger partial charge on any atom is 0.127 e. The van der Waals surface area contributed by atoms with E-state index in [4.69, 9.17) is 9.47 Å². The van der Waals surface area contributed by atoms with E-state index in [0.717, 1.165) is 16.9 Å². The van der Waals surface area contributed by atoms with E-state index in [9.17, 15) is 5.26 Å². The van der Waals surface area contributed by atoms with Crippen LogP contribution in [0.1, 0.15) is 11.1 Å². The van der Waals surface area contributed by atoms with Crippen molar-refractivity contribution >= 4 is 11.6 Å². The molecule has 3 heteroatoms. The van der Waals surface area contributed by atoms with Crippen molar-refractivity contribution in [3.63, 3.8) is 0 Å². The first-order valence-electron chi connectivity index (χ1n) is 6.18. The van der Waals surface area contributed by atoms with Crippen molar-refractivity contribution in [2.24, 2.45) is 0 Å². The van der Waals surface area contributed by atoms with Crippen LogP contribution in [0.4, 0.5) is 0 Å². The van der Waals surface area contributed by atoms with Crippen LogP contribution in [0.25, 0.3) is 11.6 Å². The Morgan fingerprint density at radius 2 is 1.55 bits per heavy atom. The van der Waals surface area contributed by atoms with Crippen molar-refractivity contribution in [2.45, 2.75) is 0 Å². The van der Waals surface area contributed by atoms with Crippen LogP contribution in [0, 0.1) is 11.3 Å². The van der Waals surface area contributed by atoms with Crippen LogP contribution >= 0.6 is 0 Å². The second-order valence-corrected chi connectivity index (χ2v) is 4.11. The Labute approximate surface area is 118 Å². The van der Waals surface area contributed by atoms with Crippen LogP contribution in [-0.2, 0) is 0 Å². The number of methoxy groups -OCH3 is 2. The molecule has 0 saturated heterocycles. The molecule has 0 N–H and O–H groups in total. The zero-order chi connectivity index (χ0) is 14.4. The van der Waals surface area contributed by atoms with Crippen molar-refractivity contribution in [1.82, 2.24) is 0 Å². The Morgan fingerprint density at radius 3 is 2.20 bits per heavy atom. The number of hydrogen-bond donors (Lipinski definition) is 0. The number of allylic oxidation sites excluding steroid dienone is 1. The van der Waals surface area contributed by atoms with Crippen molar-refractivity contribution < 1.29 is 9.47 Å². The van der Waals surface area contributed by atoms with Crippen molar-refractivity contribution in [1.29, 1.82) is 5.26 Å². The molecule has 0 unspecified atom stereocenters. The van der Waals surface area contributed by atoms with Gasteiger partial charge in [0.15, 0.2) is 0 Å². The molecule has 0 radical (unpaired) electrons. The van der Waals surface area contributed by atoms with E-state index in [1.54, 1.807) is 20.3 Å². The molecule has 0 bridgehead atoms. The van der Waals surface area contributed by atoms with Gasteiger partial charge in [-0.3, -0.25) is 0 Å². The fourth-order valence-corrected chi connectivity index (χ4v) is 1.98. The SMILES string of the molecule is COc1ccccc1/C=C(\C#N)c1ccccc1OC. The third-order valence-electron chi connectivity index (χ3n) is 2.96. The Balaban J connectivity index is 2.52. The highest BCUT2D eigenvalue weighted by Crippen LogP contribution is 2.29. The van der Waals surface area contributed by atoms with Crippen LogP contribution in [0.2, 0.25) is 0 Å². The molecule has 0 amide bonds. The van der Waals surface area contributed by atoms with Gasteiger partial charge in [0, 0.05) is 11.1 Å². The third kappa shape index (κ3) is 2.81. The molecule has 20 heavy (non-hydrogen) atoms. The molecule has 0 heterocycles. The minimum Gasteiger partial charge on any atom is -0.496 e. The fraction of sp³-hybridized carbons (Fsp3) is 0.118. The summed E-state index contributed by atoms with van der Waals surface area (Å²) >= 11 is 0. The van der Waals surface area contributed by atoms with Crippen molar-refractivity contribution in [3.8, 4) is 17.6 Å². The second kappa shape index (κ2) is 6.44. The summed E-state index contributed by atoms with van der Waals surface area (Å²) in [7, 11) is 3.21. The van der Waals surface area contributed by atoms with Crippen LogP contribution in [0.5, 0.6) is 11.5 Å². The second-order valence-electron chi connectivity index (χ2n) is 4.11. The summed E-state index contributed by atoms with van der Waals surface area (Å²) in [5.74, 6) is 1.41. The van der Waals surface area contributed by atoms with Crippen LogP contribution in [-0.4, -0.2) is 14.2 Å². The molecule has 0 aromatic heterocycles. The Bertz CT molecular complexity index is 669. The first kappa shape index (κ1) is 13.7. The van der Waals surface area contributed by atoms with Gasteiger partial charge < -0.3 is 9.47 Å². The Kier molecular flexibility index (Phi) is 4.41. The summed E-state index contributed by atoms with van der Waals surface area (Å²) in [6.45, 7) is 0. The molecule has 0 saturated carbocycles. The van der Waals surface area contributed by atoms with E-state index in [-0.39, 0.29) is 0 Å². The lowest BCUT2D eigenvalue weighted by Crippen LogP contribution is -1.91. The first-order chi connectivity index (χ1) is 9.80. The molecule has 0 spiro atoms. The lowest BCUT2D eigenvalue weighted by atomic mass is 10.0. The highest BCUT2D eigenvalue weighted by atomic mass is 16.5. The average molecular weight is 265 g/mol. The molecule has 0 fully saturated rings. The summed E-state index contributed by atoms with van der Waals surface area (Å²) in [6.07, 6.45) is 1.80. The normalized spacial score (nSPS) is 10.8. The molecular weight excluding hydrogens is 250 g/mol. The van der Waals surface area contributed by atoms with E-state index < -0.39 is 0 Å². The number of benzene rings is 2. The van der Waals surface area contributed by atoms with Gasteiger partial charge in [-0.15, -0.1) is 0 Å². The number of ether oxygens (including phenoxy) is 2. The molecule has 3 nitrogen and oxygen atoms in total. The highest BCUT2D eigenvalue weighted by Gasteiger charge is 2.08. The maximum atomic E-state index is 9.41. The number of rotatable bonds is 4. The topological polar surface area (TPSA) is 42.2 Å². The number of hydrogen-bond acceptors (Lipinski definition) is 3. The third-order valence-corrected chi connectivity index (χ3v) is 2.96. The van der Waals surface area contributed by atoms with E-state index in [1.165, 1.54) is 0 Å². The molecule has 2 aromatic rings. The molecule has 0 aliphatic carbocycles. The molecule has 0 aliphatic heterocycles. The zero-order valence-corrected chi connectivity index (χ0v) is 11.5. The molecule has 0 aliphatic rings. The lowest BCUT2D eigenvalue weighted by molar-refractivity contribution is 0.413. The van der Waals surface area contributed by atoms with Gasteiger partial charge in [0.1, 0.15) is 11.5 Å². The van der Waals surface area contributed by atoms with Gasteiger partial charge in [-0.2, -0.15) is 5.26 Å². The van der Waals surface area contributed by atoms with E-state index in [2.05, 4.69) is 6.07 Å². The van der Waals surface area contributed by atoms with Crippen molar-refractivity contribution in [2.75, 3.05) is 14.2 Å². The fourth-order valence-electron chi connectivity index (χ4n) is 1.98. The minimum absolute atomic E-state index is 0.534. The monoisotopic (exact) mass is 265 g/mol. The predicted molar refractivity (Wildman–Crippen MR) is 79.5 cm³/mol. The standard InChI is InChI=1S/C17H15NO2/c1-19-16-9-5-3-7-13(16)11-14(12-18)15-8-4-6-10-17(15)20-2/h3-11H,1-2H3/b14-11+. The number of para-hydroxylation sites is 2. The zero-order valence-electron chi connectivity index (χ0n) is 11.5. The van der Waals surface area contributed by atoms with Gasteiger partial charge in [-0.1, -0.05) is 30.3 Å². The summed E-state index contributed by atoms with van der Waals surface area (Å²) in [5.41, 5.74) is 2.16. The van der Waals surface area contributed by atoms with Gasteiger partial charge in [0.05, 0.1) is 25.9 Å². The van der Waals surface area contributed by atoms with Gasteiger partial charge in [-0.25, -0.2) is 0 Å². The summed E-state index contributed by atoms with van der Waals surface area (Å²) in [4.78, 5) is 0. The van der Waals surface area contributed by atoms with Gasteiger partial charge >= 0.3 is 0 Å². The number of nitriles is 1. The van der Waals surface area contributed by atoms with E-state index in [1.807, 2.05) is 48.5 Å². The van der Waals surface area contributed by atoms with Gasteiger partial charge in [0.2, 0.25) is 0 Å². The van der Waals surface area contributed by atoms with Gasteiger partial charge in [-0.05, 0) is 24.3 Å². The predicted octanol–water partition coefficient (Wildman–Crippen LogP) is 3.77. The number of nitrogens with zero attached hydrogens (tertiary/aromatic N) is 1. The smallest absolute Gasteiger partial charge is 0.127 e. The summed E-state index contributed by atoms with van der Waals surface area (Å²) < 4.78 is 10.6. The average Bonchev–Trinajstić information content (AvgIpc) is 2.53. The highest BCUT2D eigenvalue weighted by molar-refractivity contribution is 5.92. The molecule has 2 aromatic carbocycles. The maximum absolute atomic E-state index is 9.41. The minimum atomic E-state index is 0.534. The van der Waals surface area contributed by atoms with E-state index in [0.29, 0.717) is 11.3 Å². The first-order valence-corrected chi connectivity index (χ1v) is 6.18. The van der Waals surface area contributed by atoms with Crippen LogP contribution < -0.4 is 9.47 Å². The Morgan fingerprint density at radius 1 is 0.950 bits per heavy atom. The van der Waals surface area contributed by atoms with Crippen LogP contribution in [0.3, 0.4) is 0 Å². The summed E-state index contributed by atoms with van der Waals surface area (Å²) in [6, 6.07) is 17.2. The lowest BCUT2D eigenvalue weighted by Gasteiger charge is -2.08. The molecule has 100 valence electrons. The summed E-state index contributed by atoms with van der Waals surface area (Å²) in [5, 5.41) is 9.41. The Hall–Kier alpha value is -2.73. The molecule has 0 atom stereocenters. The van der Waals surface area contributed by atoms with Gasteiger partial charge in [0.25, 0.3) is 0 Å².